The largest absolute Gasteiger partial charge is 0.493 e. The number of methoxy groups -OCH3 is 3. The van der Waals surface area contributed by atoms with Crippen molar-refractivity contribution in [3.63, 3.8) is 0 Å². The van der Waals surface area contributed by atoms with Crippen LogP contribution in [0.4, 0.5) is 0 Å². The third-order valence-corrected chi connectivity index (χ3v) is 6.36. The molecule has 32 heavy (non-hydrogen) atoms. The van der Waals surface area contributed by atoms with E-state index in [1.165, 1.54) is 16.3 Å². The van der Waals surface area contributed by atoms with Crippen molar-refractivity contribution in [1.29, 1.82) is 0 Å². The summed E-state index contributed by atoms with van der Waals surface area (Å²) in [5.74, 6) is 0.763. The number of carbonyl (C=O) groups is 1. The van der Waals surface area contributed by atoms with Crippen LogP contribution in [0.25, 0.3) is 10.8 Å². The van der Waals surface area contributed by atoms with Crippen LogP contribution in [0.15, 0.2) is 54.6 Å². The van der Waals surface area contributed by atoms with Crippen LogP contribution >= 0.6 is 0 Å². The molecule has 1 saturated heterocycles. The van der Waals surface area contributed by atoms with Crippen LogP contribution in [-0.4, -0.2) is 50.4 Å². The summed E-state index contributed by atoms with van der Waals surface area (Å²) in [5.41, 5.74) is 2.19. The Kier molecular flexibility index (Phi) is 6.51. The predicted octanol–water partition coefficient (Wildman–Crippen LogP) is 4.75. The van der Waals surface area contributed by atoms with Gasteiger partial charge in [-0.15, -0.1) is 0 Å². The lowest BCUT2D eigenvalue weighted by atomic mass is 9.89. The van der Waals surface area contributed by atoms with Gasteiger partial charge in [-0.3, -0.25) is 9.69 Å². The Hall–Kier alpha value is -3.25. The Morgan fingerprint density at radius 2 is 1.56 bits per heavy atom. The molecule has 4 rings (SSSR count). The minimum Gasteiger partial charge on any atom is -0.493 e. The lowest BCUT2D eigenvalue weighted by Crippen LogP contribution is -2.39. The topological polar surface area (TPSA) is 68.2 Å². The molecule has 0 amide bonds. The van der Waals surface area contributed by atoms with Crippen molar-refractivity contribution in [2.45, 2.75) is 18.9 Å². The van der Waals surface area contributed by atoms with Crippen molar-refractivity contribution in [2.75, 3.05) is 34.4 Å². The first-order chi connectivity index (χ1) is 15.6. The highest BCUT2D eigenvalue weighted by Gasteiger charge is 2.32. The Bertz CT molecular complexity index is 1070. The van der Waals surface area contributed by atoms with Crippen LogP contribution in [-0.2, 0) is 4.79 Å². The predicted molar refractivity (Wildman–Crippen MR) is 124 cm³/mol. The molecule has 3 aromatic carbocycles. The SMILES string of the molecule is COc1cc(C(c2cccc3ccccc23)N2CCC(C(=O)O)CC2)cc(OC)c1OC. The number of ether oxygens (including phenoxy) is 3. The maximum Gasteiger partial charge on any atom is 0.306 e. The number of benzene rings is 3. The zero-order chi connectivity index (χ0) is 22.7. The minimum atomic E-state index is -0.709. The highest BCUT2D eigenvalue weighted by molar-refractivity contribution is 5.86. The Balaban J connectivity index is 1.86. The first-order valence-corrected chi connectivity index (χ1v) is 10.8. The lowest BCUT2D eigenvalue weighted by molar-refractivity contribution is -0.143. The number of carboxylic acids is 1. The third kappa shape index (κ3) is 4.10. The fourth-order valence-corrected chi connectivity index (χ4v) is 4.74. The normalized spacial score (nSPS) is 16.0. The number of rotatable bonds is 7. The second kappa shape index (κ2) is 9.49. The molecule has 1 atom stereocenters. The molecule has 0 bridgehead atoms. The van der Waals surface area contributed by atoms with Gasteiger partial charge in [0.1, 0.15) is 0 Å². The first-order valence-electron chi connectivity index (χ1n) is 10.8. The summed E-state index contributed by atoms with van der Waals surface area (Å²) < 4.78 is 16.8. The van der Waals surface area contributed by atoms with E-state index in [1.807, 2.05) is 18.2 Å². The number of piperidine rings is 1. The summed E-state index contributed by atoms with van der Waals surface area (Å²) in [6.45, 7) is 1.39. The number of nitrogens with zero attached hydrogens (tertiary/aromatic N) is 1. The molecule has 6 nitrogen and oxygen atoms in total. The third-order valence-electron chi connectivity index (χ3n) is 6.36. The summed E-state index contributed by atoms with van der Waals surface area (Å²) in [6.07, 6.45) is 1.25. The fourth-order valence-electron chi connectivity index (χ4n) is 4.74. The Morgan fingerprint density at radius 3 is 2.16 bits per heavy atom. The molecular weight excluding hydrogens is 406 g/mol. The second-order valence-corrected chi connectivity index (χ2v) is 8.08. The second-order valence-electron chi connectivity index (χ2n) is 8.08. The fraction of sp³-hybridized carbons (Fsp3) is 0.346. The van der Waals surface area contributed by atoms with Gasteiger partial charge in [-0.25, -0.2) is 0 Å². The molecule has 1 N–H and O–H groups in total. The maximum atomic E-state index is 11.5. The lowest BCUT2D eigenvalue weighted by Gasteiger charge is -2.38. The van der Waals surface area contributed by atoms with Crippen molar-refractivity contribution in [2.24, 2.45) is 5.92 Å². The van der Waals surface area contributed by atoms with Crippen molar-refractivity contribution < 1.29 is 24.1 Å². The average Bonchev–Trinajstić information content (AvgIpc) is 2.84. The molecular formula is C26H29NO5. The number of hydrogen-bond acceptors (Lipinski definition) is 5. The van der Waals surface area contributed by atoms with Crippen LogP contribution in [0, 0.1) is 5.92 Å². The van der Waals surface area contributed by atoms with E-state index in [9.17, 15) is 9.90 Å². The summed E-state index contributed by atoms with van der Waals surface area (Å²) in [6, 6.07) is 18.6. The quantitative estimate of drug-likeness (QED) is 0.578. The van der Waals surface area contributed by atoms with E-state index in [4.69, 9.17) is 14.2 Å². The Labute approximate surface area is 188 Å². The number of aliphatic carboxylic acids is 1. The van der Waals surface area contributed by atoms with Crippen molar-refractivity contribution in [3.05, 3.63) is 65.7 Å². The number of likely N-dealkylation sites (tertiary alicyclic amines) is 1. The molecule has 0 aromatic heterocycles. The van der Waals surface area contributed by atoms with Gasteiger partial charge in [0.15, 0.2) is 11.5 Å². The zero-order valence-electron chi connectivity index (χ0n) is 18.7. The molecule has 1 unspecified atom stereocenters. The van der Waals surface area contributed by atoms with Crippen LogP contribution in [0.1, 0.15) is 30.0 Å². The van der Waals surface area contributed by atoms with Crippen molar-refractivity contribution in [3.8, 4) is 17.2 Å². The van der Waals surface area contributed by atoms with Crippen LogP contribution in [0.2, 0.25) is 0 Å². The summed E-state index contributed by atoms with van der Waals surface area (Å²) in [5, 5.41) is 11.8. The maximum absolute atomic E-state index is 11.5. The monoisotopic (exact) mass is 435 g/mol. The van der Waals surface area contributed by atoms with Gasteiger partial charge in [0.05, 0.1) is 33.3 Å². The van der Waals surface area contributed by atoms with E-state index in [0.717, 1.165) is 5.56 Å². The van der Waals surface area contributed by atoms with E-state index >= 15 is 0 Å². The standard InChI is InChI=1S/C26H29NO5/c1-30-22-15-19(16-23(31-2)25(22)32-3)24(27-13-11-18(12-14-27)26(28)29)21-10-6-8-17-7-4-5-9-20(17)21/h4-10,15-16,18,24H,11-14H2,1-3H3,(H,28,29). The molecule has 0 saturated carbocycles. The van der Waals surface area contributed by atoms with Gasteiger partial charge in [-0.05, 0) is 60.0 Å². The van der Waals surface area contributed by atoms with Gasteiger partial charge in [-0.1, -0.05) is 42.5 Å². The zero-order valence-corrected chi connectivity index (χ0v) is 18.7. The van der Waals surface area contributed by atoms with E-state index < -0.39 is 5.97 Å². The minimum absolute atomic E-state index is 0.0791. The smallest absolute Gasteiger partial charge is 0.306 e. The average molecular weight is 436 g/mol. The van der Waals surface area contributed by atoms with Gasteiger partial charge in [0.25, 0.3) is 0 Å². The van der Waals surface area contributed by atoms with Crippen LogP contribution in [0.5, 0.6) is 17.2 Å². The number of hydrogen-bond donors (Lipinski definition) is 1. The van der Waals surface area contributed by atoms with Crippen LogP contribution < -0.4 is 14.2 Å². The van der Waals surface area contributed by atoms with Gasteiger partial charge < -0.3 is 19.3 Å². The van der Waals surface area contributed by atoms with E-state index in [-0.39, 0.29) is 12.0 Å². The summed E-state index contributed by atoms with van der Waals surface area (Å²) in [7, 11) is 4.83. The molecule has 3 aromatic rings. The van der Waals surface area contributed by atoms with E-state index in [2.05, 4.69) is 41.3 Å². The summed E-state index contributed by atoms with van der Waals surface area (Å²) in [4.78, 5) is 13.9. The Morgan fingerprint density at radius 1 is 0.938 bits per heavy atom. The van der Waals surface area contributed by atoms with Gasteiger partial charge in [0, 0.05) is 0 Å². The molecule has 0 spiro atoms. The number of fused-ring (bicyclic) bond motifs is 1. The van der Waals surface area contributed by atoms with Gasteiger partial charge in [-0.2, -0.15) is 0 Å². The van der Waals surface area contributed by atoms with Crippen molar-refractivity contribution >= 4 is 16.7 Å². The molecule has 1 fully saturated rings. The highest BCUT2D eigenvalue weighted by atomic mass is 16.5. The summed E-state index contributed by atoms with van der Waals surface area (Å²) >= 11 is 0. The van der Waals surface area contributed by atoms with Gasteiger partial charge >= 0.3 is 5.97 Å². The number of carboxylic acid groups (broad SMARTS) is 1. The highest BCUT2D eigenvalue weighted by Crippen LogP contribution is 2.44. The molecule has 1 aliphatic heterocycles. The van der Waals surface area contributed by atoms with E-state index in [1.54, 1.807) is 21.3 Å². The van der Waals surface area contributed by atoms with Gasteiger partial charge in [0.2, 0.25) is 5.75 Å². The van der Waals surface area contributed by atoms with Crippen LogP contribution in [0.3, 0.4) is 0 Å². The molecule has 168 valence electrons. The molecule has 0 radical (unpaired) electrons. The molecule has 1 heterocycles. The van der Waals surface area contributed by atoms with E-state index in [0.29, 0.717) is 43.2 Å². The molecule has 0 aliphatic carbocycles. The molecule has 1 aliphatic rings. The molecule has 6 heteroatoms. The van der Waals surface area contributed by atoms with Crippen molar-refractivity contribution in [1.82, 2.24) is 4.90 Å². The first kappa shape index (κ1) is 22.0.